The Labute approximate surface area is 127 Å². The normalized spacial score (nSPS) is 18.2. The van der Waals surface area contributed by atoms with E-state index in [4.69, 9.17) is 11.6 Å². The highest BCUT2D eigenvalue weighted by atomic mass is 35.5. The highest BCUT2D eigenvalue weighted by molar-refractivity contribution is 6.32. The third-order valence-corrected chi connectivity index (χ3v) is 4.09. The summed E-state index contributed by atoms with van der Waals surface area (Å²) >= 11 is 6.18. The summed E-state index contributed by atoms with van der Waals surface area (Å²) in [6, 6.07) is 7.37. The standard InChI is InChI=1S/C15H16ClN3O2/c1-10-12(15(21)18-7-6-11(20)9-18)8-17-19(10)14-5-3-2-4-13(14)16/h2-5,8,11,20H,6-7,9H2,1H3/t11-/m0/s1. The van der Waals surface area contributed by atoms with Crippen molar-refractivity contribution in [2.24, 2.45) is 0 Å². The van der Waals surface area contributed by atoms with E-state index in [0.29, 0.717) is 30.1 Å². The molecule has 5 nitrogen and oxygen atoms in total. The predicted molar refractivity (Wildman–Crippen MR) is 79.8 cm³/mol. The van der Waals surface area contributed by atoms with E-state index in [-0.39, 0.29) is 5.91 Å². The Morgan fingerprint density at radius 1 is 1.43 bits per heavy atom. The topological polar surface area (TPSA) is 58.4 Å². The first-order chi connectivity index (χ1) is 10.1. The molecule has 0 bridgehead atoms. The number of amides is 1. The van der Waals surface area contributed by atoms with Gasteiger partial charge in [0.15, 0.2) is 0 Å². The van der Waals surface area contributed by atoms with Crippen LogP contribution in [0.15, 0.2) is 30.5 Å². The minimum atomic E-state index is -0.423. The van der Waals surface area contributed by atoms with E-state index in [1.54, 1.807) is 21.8 Å². The lowest BCUT2D eigenvalue weighted by atomic mass is 10.2. The molecule has 1 atom stereocenters. The van der Waals surface area contributed by atoms with Crippen molar-refractivity contribution in [3.63, 3.8) is 0 Å². The van der Waals surface area contributed by atoms with Gasteiger partial charge >= 0.3 is 0 Å². The molecule has 1 saturated heterocycles. The number of benzene rings is 1. The van der Waals surface area contributed by atoms with Gasteiger partial charge in [0.25, 0.3) is 5.91 Å². The Bertz CT molecular complexity index is 683. The molecule has 1 aromatic carbocycles. The van der Waals surface area contributed by atoms with Crippen molar-refractivity contribution in [2.75, 3.05) is 13.1 Å². The number of para-hydroxylation sites is 1. The van der Waals surface area contributed by atoms with Gasteiger partial charge in [0.05, 0.1) is 34.3 Å². The summed E-state index contributed by atoms with van der Waals surface area (Å²) in [4.78, 5) is 14.1. The van der Waals surface area contributed by atoms with E-state index in [2.05, 4.69) is 5.10 Å². The Morgan fingerprint density at radius 3 is 2.86 bits per heavy atom. The summed E-state index contributed by atoms with van der Waals surface area (Å²) in [5.74, 6) is -0.0950. The van der Waals surface area contributed by atoms with Crippen LogP contribution in [0.4, 0.5) is 0 Å². The van der Waals surface area contributed by atoms with Crippen molar-refractivity contribution in [1.82, 2.24) is 14.7 Å². The largest absolute Gasteiger partial charge is 0.391 e. The van der Waals surface area contributed by atoms with Gasteiger partial charge < -0.3 is 10.0 Å². The van der Waals surface area contributed by atoms with Crippen LogP contribution in [0.3, 0.4) is 0 Å². The van der Waals surface area contributed by atoms with E-state index < -0.39 is 6.10 Å². The molecule has 1 N–H and O–H groups in total. The molecule has 1 aliphatic rings. The molecule has 0 radical (unpaired) electrons. The molecule has 6 heteroatoms. The number of halogens is 1. The molecule has 1 amide bonds. The molecule has 0 saturated carbocycles. The molecule has 110 valence electrons. The first-order valence-corrected chi connectivity index (χ1v) is 7.22. The zero-order valence-corrected chi connectivity index (χ0v) is 12.4. The third-order valence-electron chi connectivity index (χ3n) is 3.77. The van der Waals surface area contributed by atoms with Crippen LogP contribution in [0, 0.1) is 6.92 Å². The highest BCUT2D eigenvalue weighted by Gasteiger charge is 2.27. The molecular weight excluding hydrogens is 290 g/mol. The number of rotatable bonds is 2. The summed E-state index contributed by atoms with van der Waals surface area (Å²) in [5, 5.41) is 14.4. The monoisotopic (exact) mass is 305 g/mol. The lowest BCUT2D eigenvalue weighted by Gasteiger charge is -2.15. The second kappa shape index (κ2) is 5.50. The molecule has 2 aromatic rings. The summed E-state index contributed by atoms with van der Waals surface area (Å²) in [5.41, 5.74) is 2.04. The average Bonchev–Trinajstić information content (AvgIpc) is 3.05. The van der Waals surface area contributed by atoms with Crippen LogP contribution in [-0.2, 0) is 0 Å². The van der Waals surface area contributed by atoms with Gasteiger partial charge in [-0.05, 0) is 25.5 Å². The molecule has 0 unspecified atom stereocenters. The van der Waals surface area contributed by atoms with Crippen molar-refractivity contribution in [3.8, 4) is 5.69 Å². The Hall–Kier alpha value is -1.85. The number of aliphatic hydroxyl groups excluding tert-OH is 1. The highest BCUT2D eigenvalue weighted by Crippen LogP contribution is 2.23. The summed E-state index contributed by atoms with van der Waals surface area (Å²) < 4.78 is 1.67. The van der Waals surface area contributed by atoms with Gasteiger partial charge in [-0.15, -0.1) is 0 Å². The Balaban J connectivity index is 1.93. The number of aliphatic hydroxyl groups is 1. The fourth-order valence-corrected chi connectivity index (χ4v) is 2.80. The number of carbonyl (C=O) groups excluding carboxylic acids is 1. The molecule has 0 spiro atoms. The van der Waals surface area contributed by atoms with E-state index in [9.17, 15) is 9.90 Å². The van der Waals surface area contributed by atoms with Crippen LogP contribution in [0.2, 0.25) is 5.02 Å². The summed E-state index contributed by atoms with van der Waals surface area (Å²) in [7, 11) is 0. The third kappa shape index (κ3) is 2.54. The second-order valence-electron chi connectivity index (χ2n) is 5.20. The van der Waals surface area contributed by atoms with E-state index in [0.717, 1.165) is 11.4 Å². The number of aromatic nitrogens is 2. The predicted octanol–water partition coefficient (Wildman–Crippen LogP) is 2.04. The quantitative estimate of drug-likeness (QED) is 0.923. The zero-order valence-electron chi connectivity index (χ0n) is 11.7. The van der Waals surface area contributed by atoms with Crippen molar-refractivity contribution in [2.45, 2.75) is 19.4 Å². The number of hydrogen-bond donors (Lipinski definition) is 1. The van der Waals surface area contributed by atoms with Crippen LogP contribution in [0.1, 0.15) is 22.5 Å². The second-order valence-corrected chi connectivity index (χ2v) is 5.61. The number of carbonyl (C=O) groups is 1. The van der Waals surface area contributed by atoms with Gasteiger partial charge in [0.1, 0.15) is 0 Å². The first kappa shape index (κ1) is 14.1. The maximum atomic E-state index is 12.5. The number of nitrogens with zero attached hydrogens (tertiary/aromatic N) is 3. The van der Waals surface area contributed by atoms with E-state index in [1.165, 1.54) is 0 Å². The van der Waals surface area contributed by atoms with Gasteiger partial charge in [-0.1, -0.05) is 23.7 Å². The molecule has 1 fully saturated rings. The minimum Gasteiger partial charge on any atom is -0.391 e. The molecule has 0 aliphatic carbocycles. The van der Waals surface area contributed by atoms with Crippen molar-refractivity contribution >= 4 is 17.5 Å². The molecule has 2 heterocycles. The SMILES string of the molecule is Cc1c(C(=O)N2CC[C@H](O)C2)cnn1-c1ccccc1Cl. The van der Waals surface area contributed by atoms with E-state index >= 15 is 0 Å². The molecular formula is C15H16ClN3O2. The van der Waals surface area contributed by atoms with Crippen LogP contribution < -0.4 is 0 Å². The maximum Gasteiger partial charge on any atom is 0.257 e. The van der Waals surface area contributed by atoms with Crippen molar-refractivity contribution in [3.05, 3.63) is 46.7 Å². The number of hydrogen-bond acceptors (Lipinski definition) is 3. The smallest absolute Gasteiger partial charge is 0.257 e. The van der Waals surface area contributed by atoms with E-state index in [1.807, 2.05) is 25.1 Å². The van der Waals surface area contributed by atoms with Gasteiger partial charge in [-0.2, -0.15) is 5.10 Å². The van der Waals surface area contributed by atoms with Crippen LogP contribution in [0.5, 0.6) is 0 Å². The fourth-order valence-electron chi connectivity index (χ4n) is 2.58. The number of β-amino-alcohol motifs (C(OH)–C–C–N with tert-alkyl or cyclic N) is 1. The zero-order chi connectivity index (χ0) is 15.0. The Morgan fingerprint density at radius 2 is 2.19 bits per heavy atom. The molecule has 1 aliphatic heterocycles. The van der Waals surface area contributed by atoms with Gasteiger partial charge in [0, 0.05) is 13.1 Å². The van der Waals surface area contributed by atoms with Crippen molar-refractivity contribution in [1.29, 1.82) is 0 Å². The molecule has 1 aromatic heterocycles. The number of likely N-dealkylation sites (tertiary alicyclic amines) is 1. The minimum absolute atomic E-state index is 0.0950. The first-order valence-electron chi connectivity index (χ1n) is 6.85. The lowest BCUT2D eigenvalue weighted by molar-refractivity contribution is 0.0764. The average molecular weight is 306 g/mol. The lowest BCUT2D eigenvalue weighted by Crippen LogP contribution is -2.29. The summed E-state index contributed by atoms with van der Waals surface area (Å²) in [6.07, 6.45) is 1.77. The van der Waals surface area contributed by atoms with Crippen LogP contribution in [-0.4, -0.2) is 44.9 Å². The van der Waals surface area contributed by atoms with Gasteiger partial charge in [-0.25, -0.2) is 4.68 Å². The van der Waals surface area contributed by atoms with Gasteiger partial charge in [-0.3, -0.25) is 4.79 Å². The van der Waals surface area contributed by atoms with Crippen LogP contribution >= 0.6 is 11.6 Å². The Kier molecular flexibility index (Phi) is 3.69. The molecule has 21 heavy (non-hydrogen) atoms. The van der Waals surface area contributed by atoms with Crippen LogP contribution in [0.25, 0.3) is 5.69 Å². The summed E-state index contributed by atoms with van der Waals surface area (Å²) in [6.45, 7) is 2.81. The molecule has 3 rings (SSSR count). The van der Waals surface area contributed by atoms with Crippen molar-refractivity contribution < 1.29 is 9.90 Å². The maximum absolute atomic E-state index is 12.5. The fraction of sp³-hybridized carbons (Fsp3) is 0.333. The van der Waals surface area contributed by atoms with Gasteiger partial charge in [0.2, 0.25) is 0 Å².